The zero-order chi connectivity index (χ0) is 9.19. The molecular weight excluding hydrogens is 207 g/mol. The van der Waals surface area contributed by atoms with E-state index < -0.39 is 6.69 Å². The summed E-state index contributed by atoms with van der Waals surface area (Å²) < 4.78 is 0. The molecule has 0 spiro atoms. The molecule has 70 valence electrons. The van der Waals surface area contributed by atoms with Gasteiger partial charge in [-0.2, -0.15) is 0 Å². The number of hydrogen-bond donors (Lipinski definition) is 0. The van der Waals surface area contributed by atoms with E-state index in [4.69, 9.17) is 22.2 Å². The van der Waals surface area contributed by atoms with E-state index in [0.29, 0.717) is 5.54 Å². The van der Waals surface area contributed by atoms with Crippen molar-refractivity contribution in [2.75, 3.05) is 0 Å². The molecule has 1 aliphatic rings. The third-order valence-electron chi connectivity index (χ3n) is 2.64. The maximum atomic E-state index is 6.25. The monoisotopic (exact) mass is 222 g/mol. The van der Waals surface area contributed by atoms with Crippen molar-refractivity contribution in [2.45, 2.75) is 44.7 Å². The van der Waals surface area contributed by atoms with Crippen molar-refractivity contribution in [3.63, 3.8) is 0 Å². The first-order chi connectivity index (χ1) is 5.55. The fraction of sp³-hybridized carbons (Fsp3) is 0.778. The van der Waals surface area contributed by atoms with Gasteiger partial charge in [0.25, 0.3) is 6.69 Å². The molecule has 0 aliphatic heterocycles. The first-order valence-electron chi connectivity index (χ1n) is 4.58. The lowest BCUT2D eigenvalue weighted by Crippen LogP contribution is -2.26. The lowest BCUT2D eigenvalue weighted by atomic mass is 9.94. The summed E-state index contributed by atoms with van der Waals surface area (Å²) in [7, 11) is 0. The molecule has 0 N–H and O–H groups in total. The average molecular weight is 223 g/mol. The van der Waals surface area contributed by atoms with Gasteiger partial charge in [-0.05, 0) is 32.7 Å². The minimum atomic E-state index is -1.96. The second-order valence-electron chi connectivity index (χ2n) is 3.62. The molecule has 0 aromatic rings. The predicted octanol–water partition coefficient (Wildman–Crippen LogP) is 4.43. The molecule has 0 aromatic heterocycles. The number of hydrogen-bond acceptors (Lipinski definition) is 0. The summed E-state index contributed by atoms with van der Waals surface area (Å²) in [6.07, 6.45) is 7.23. The maximum absolute atomic E-state index is 6.25. The van der Waals surface area contributed by atoms with E-state index in [9.17, 15) is 0 Å². The highest BCUT2D eigenvalue weighted by Gasteiger charge is 2.36. The topological polar surface area (TPSA) is 0 Å². The zero-order valence-corrected chi connectivity index (χ0v) is 10.3. The van der Waals surface area contributed by atoms with Gasteiger partial charge in [0.15, 0.2) is 0 Å². The normalized spacial score (nSPS) is 29.3. The number of allylic oxidation sites excluding steroid dienone is 2. The van der Waals surface area contributed by atoms with Crippen LogP contribution < -0.4 is 0 Å². The van der Waals surface area contributed by atoms with Crippen LogP contribution in [0.5, 0.6) is 0 Å². The summed E-state index contributed by atoms with van der Waals surface area (Å²) >= 11 is 12.5. The van der Waals surface area contributed by atoms with E-state index in [0.717, 1.165) is 0 Å². The largest absolute Gasteiger partial charge is 0.255 e. The minimum absolute atomic E-state index is 0.514. The van der Waals surface area contributed by atoms with E-state index in [1.807, 2.05) is 6.55 Å². The van der Waals surface area contributed by atoms with Crippen LogP contribution in [0.4, 0.5) is 0 Å². The third kappa shape index (κ3) is 2.51. The van der Waals surface area contributed by atoms with Gasteiger partial charge in [0.1, 0.15) is 0 Å². The van der Waals surface area contributed by atoms with Crippen LogP contribution in [0.15, 0.2) is 11.6 Å². The Morgan fingerprint density at radius 3 is 2.50 bits per heavy atom. The maximum Gasteiger partial charge on any atom is 0.255 e. The van der Waals surface area contributed by atoms with Gasteiger partial charge in [-0.25, -0.2) is 0 Å². The van der Waals surface area contributed by atoms with E-state index >= 15 is 0 Å². The quantitative estimate of drug-likeness (QED) is 0.350. The molecule has 1 aliphatic carbocycles. The van der Waals surface area contributed by atoms with Gasteiger partial charge in [0, 0.05) is 5.54 Å². The zero-order valence-electron chi connectivity index (χ0n) is 7.74. The lowest BCUT2D eigenvalue weighted by Gasteiger charge is -2.30. The second kappa shape index (κ2) is 4.16. The van der Waals surface area contributed by atoms with Gasteiger partial charge in [0.2, 0.25) is 0 Å². The van der Waals surface area contributed by atoms with E-state index in [1.54, 1.807) is 0 Å². The first-order valence-corrected chi connectivity index (χ1v) is 9.18. The highest BCUT2D eigenvalue weighted by atomic mass is 35.7. The van der Waals surface area contributed by atoms with Crippen LogP contribution in [0.1, 0.15) is 32.6 Å². The fourth-order valence-electron chi connectivity index (χ4n) is 1.96. The summed E-state index contributed by atoms with van der Waals surface area (Å²) in [5.74, 6) is 0. The van der Waals surface area contributed by atoms with Crippen molar-refractivity contribution in [1.82, 2.24) is 0 Å². The summed E-state index contributed by atoms with van der Waals surface area (Å²) in [6.45, 7) is 2.17. The third-order valence-corrected chi connectivity index (χ3v) is 6.10. The molecule has 1 fully saturated rings. The van der Waals surface area contributed by atoms with Crippen LogP contribution in [0.3, 0.4) is 0 Å². The van der Waals surface area contributed by atoms with E-state index in [1.165, 1.54) is 31.3 Å². The van der Waals surface area contributed by atoms with Crippen LogP contribution in [0.2, 0.25) is 12.1 Å². The molecule has 0 amide bonds. The predicted molar refractivity (Wildman–Crippen MR) is 59.3 cm³/mol. The van der Waals surface area contributed by atoms with Crippen molar-refractivity contribution < 1.29 is 0 Å². The van der Waals surface area contributed by atoms with Gasteiger partial charge in [0.05, 0.1) is 0 Å². The highest BCUT2D eigenvalue weighted by Crippen LogP contribution is 2.44. The van der Waals surface area contributed by atoms with Crippen LogP contribution >= 0.6 is 22.2 Å². The molecule has 0 heterocycles. The Bertz CT molecular complexity index is 181. The molecule has 0 bridgehead atoms. The Labute approximate surface area is 85.4 Å². The van der Waals surface area contributed by atoms with Gasteiger partial charge < -0.3 is 0 Å². The fourth-order valence-corrected chi connectivity index (χ4v) is 5.13. The molecule has 12 heavy (non-hydrogen) atoms. The van der Waals surface area contributed by atoms with Crippen LogP contribution in [-0.4, -0.2) is 6.69 Å². The van der Waals surface area contributed by atoms with Gasteiger partial charge in [-0.15, -0.1) is 22.2 Å². The van der Waals surface area contributed by atoms with E-state index in [2.05, 4.69) is 13.0 Å². The summed E-state index contributed by atoms with van der Waals surface area (Å²) in [4.78, 5) is 0. The van der Waals surface area contributed by atoms with Crippen molar-refractivity contribution in [2.24, 2.45) is 0 Å². The van der Waals surface area contributed by atoms with Crippen LogP contribution in [0.25, 0.3) is 0 Å². The van der Waals surface area contributed by atoms with E-state index in [-0.39, 0.29) is 0 Å². The Morgan fingerprint density at radius 1 is 1.42 bits per heavy atom. The molecule has 1 unspecified atom stereocenters. The number of rotatable bonds is 1. The number of halogens is 2. The summed E-state index contributed by atoms with van der Waals surface area (Å²) in [5, 5.41) is 0. The SMILES string of the molecule is C/C=C1/CCCCC1[Si](C)(Cl)Cl. The van der Waals surface area contributed by atoms with Crippen LogP contribution in [-0.2, 0) is 0 Å². The van der Waals surface area contributed by atoms with Crippen LogP contribution in [0, 0.1) is 0 Å². The molecular formula is C9H16Cl2Si. The Hall–Kier alpha value is 0.537. The van der Waals surface area contributed by atoms with Gasteiger partial charge >= 0.3 is 0 Å². The highest BCUT2D eigenvalue weighted by molar-refractivity contribution is 7.45. The molecule has 0 radical (unpaired) electrons. The molecule has 0 nitrogen and oxygen atoms in total. The summed E-state index contributed by atoms with van der Waals surface area (Å²) in [5.41, 5.74) is 2.01. The molecule has 1 atom stereocenters. The minimum Gasteiger partial charge on any atom is -0.145 e. The first kappa shape index (κ1) is 10.6. The molecule has 1 rings (SSSR count). The van der Waals surface area contributed by atoms with Gasteiger partial charge in [-0.1, -0.05) is 18.1 Å². The van der Waals surface area contributed by atoms with Crippen molar-refractivity contribution in [3.8, 4) is 0 Å². The molecule has 1 saturated carbocycles. The smallest absolute Gasteiger partial charge is 0.145 e. The molecule has 0 aromatic carbocycles. The standard InChI is InChI=1S/C9H16Cl2Si/c1-3-8-6-4-5-7-9(8)12(2,10)11/h3,9H,4-7H2,1-2H3/b8-3-. The average Bonchev–Trinajstić information content (AvgIpc) is 2.03. The Morgan fingerprint density at radius 2 is 2.08 bits per heavy atom. The van der Waals surface area contributed by atoms with Crippen molar-refractivity contribution in [3.05, 3.63) is 11.6 Å². The second-order valence-corrected chi connectivity index (χ2v) is 11.5. The Balaban J connectivity index is 2.73. The molecule has 0 saturated heterocycles. The lowest BCUT2D eigenvalue weighted by molar-refractivity contribution is 0.592. The van der Waals surface area contributed by atoms with Crippen molar-refractivity contribution >= 4 is 28.9 Å². The summed E-state index contributed by atoms with van der Waals surface area (Å²) in [6, 6.07) is 0. The van der Waals surface area contributed by atoms with Crippen molar-refractivity contribution in [1.29, 1.82) is 0 Å². The van der Waals surface area contributed by atoms with Gasteiger partial charge in [-0.3, -0.25) is 0 Å². The molecule has 3 heteroatoms. The Kier molecular flexibility index (Phi) is 3.68.